The molecule has 1 aliphatic heterocycles. The van der Waals surface area contributed by atoms with Gasteiger partial charge < -0.3 is 5.11 Å². The Kier molecular flexibility index (Phi) is 5.03. The quantitative estimate of drug-likeness (QED) is 0.795. The van der Waals surface area contributed by atoms with Crippen LogP contribution in [0.25, 0.3) is 0 Å². The Bertz CT molecular complexity index is 652. The monoisotopic (exact) mass is 315 g/mol. The first-order valence-electron chi connectivity index (χ1n) is 6.36. The summed E-state index contributed by atoms with van der Waals surface area (Å²) in [6, 6.07) is 4.98. The zero-order valence-electron chi connectivity index (χ0n) is 11.2. The second-order valence-electron chi connectivity index (χ2n) is 4.50. The van der Waals surface area contributed by atoms with Crippen LogP contribution in [0.5, 0.6) is 0 Å². The summed E-state index contributed by atoms with van der Waals surface area (Å²) in [5.41, 5.74) is 1.03. The van der Waals surface area contributed by atoms with E-state index >= 15 is 0 Å². The standard InChI is InChI=1S/C12H17N3O3S2/c1-15(8-3-2-4-9-16)20(17,18)11-7-5-6-10-12(11)14-19-13-10/h5-7,16H,2-4,8-9H2,1H3. The molecule has 110 valence electrons. The highest BCUT2D eigenvalue weighted by molar-refractivity contribution is 7.89. The summed E-state index contributed by atoms with van der Waals surface area (Å²) in [6.07, 6.45) is 2.22. The third-order valence-electron chi connectivity index (χ3n) is 3.07. The molecule has 6 nitrogen and oxygen atoms in total. The molecule has 0 amide bonds. The Morgan fingerprint density at radius 2 is 2.05 bits per heavy atom. The number of benzene rings is 1. The lowest BCUT2D eigenvalue weighted by Gasteiger charge is -2.17. The van der Waals surface area contributed by atoms with Gasteiger partial charge in [-0.3, -0.25) is 0 Å². The molecule has 20 heavy (non-hydrogen) atoms. The molecule has 0 saturated carbocycles. The molecule has 0 aromatic heterocycles. The van der Waals surface area contributed by atoms with E-state index in [2.05, 4.69) is 8.73 Å². The number of hydrogen-bond donors (Lipinski definition) is 1. The van der Waals surface area contributed by atoms with E-state index in [9.17, 15) is 8.42 Å². The fourth-order valence-corrected chi connectivity index (χ4v) is 3.86. The summed E-state index contributed by atoms with van der Waals surface area (Å²) in [5, 5.41) is 8.72. The number of unbranched alkanes of at least 4 members (excludes halogenated alkanes) is 2. The van der Waals surface area contributed by atoms with E-state index in [1.807, 2.05) is 0 Å². The molecule has 0 radical (unpaired) electrons. The molecular weight excluding hydrogens is 298 g/mol. The van der Waals surface area contributed by atoms with E-state index in [1.54, 1.807) is 25.2 Å². The summed E-state index contributed by atoms with van der Waals surface area (Å²) < 4.78 is 34.5. The maximum atomic E-state index is 12.5. The zero-order valence-corrected chi connectivity index (χ0v) is 12.8. The van der Waals surface area contributed by atoms with E-state index in [0.717, 1.165) is 24.2 Å². The molecule has 0 saturated heterocycles. The average molecular weight is 315 g/mol. The van der Waals surface area contributed by atoms with Crippen molar-refractivity contribution in [3.8, 4) is 0 Å². The van der Waals surface area contributed by atoms with Crippen molar-refractivity contribution in [3.05, 3.63) is 18.2 Å². The van der Waals surface area contributed by atoms with Gasteiger partial charge in [-0.2, -0.15) is 8.73 Å². The lowest BCUT2D eigenvalue weighted by Crippen LogP contribution is -2.28. The van der Waals surface area contributed by atoms with Crippen LogP contribution in [0, 0.1) is 0 Å². The highest BCUT2D eigenvalue weighted by Gasteiger charge is 2.26. The van der Waals surface area contributed by atoms with Gasteiger partial charge in [-0.15, -0.1) is 0 Å². The minimum absolute atomic E-state index is 0.139. The molecule has 1 N–H and O–H groups in total. The Labute approximate surface area is 122 Å². The number of aliphatic hydroxyl groups excluding tert-OH is 1. The van der Waals surface area contributed by atoms with E-state index in [4.69, 9.17) is 5.11 Å². The third kappa shape index (κ3) is 3.14. The van der Waals surface area contributed by atoms with Gasteiger partial charge in [-0.1, -0.05) is 6.07 Å². The van der Waals surface area contributed by atoms with Gasteiger partial charge in [0.15, 0.2) is 0 Å². The highest BCUT2D eigenvalue weighted by atomic mass is 32.2. The van der Waals surface area contributed by atoms with Gasteiger partial charge in [0.05, 0.1) is 11.4 Å². The van der Waals surface area contributed by atoms with Crippen LogP contribution in [-0.4, -0.2) is 38.0 Å². The minimum Gasteiger partial charge on any atom is -0.396 e. The van der Waals surface area contributed by atoms with Crippen molar-refractivity contribution in [1.29, 1.82) is 0 Å². The Hall–Kier alpha value is -1.09. The smallest absolute Gasteiger partial charge is 0.245 e. The minimum atomic E-state index is -3.55. The van der Waals surface area contributed by atoms with Crippen LogP contribution in [0.2, 0.25) is 0 Å². The molecule has 2 rings (SSSR count). The molecule has 0 aliphatic carbocycles. The molecule has 1 aromatic rings. The van der Waals surface area contributed by atoms with Crippen molar-refractivity contribution >= 4 is 32.8 Å². The number of hydrogen-bond acceptors (Lipinski definition) is 5. The fourth-order valence-electron chi connectivity index (χ4n) is 1.90. The first-order valence-corrected chi connectivity index (χ1v) is 8.53. The van der Waals surface area contributed by atoms with Crippen LogP contribution in [0.15, 0.2) is 31.8 Å². The van der Waals surface area contributed by atoms with Crippen LogP contribution in [0.1, 0.15) is 19.3 Å². The fraction of sp³-hybridized carbons (Fsp3) is 0.500. The SMILES string of the molecule is CN(CCCCCO)S(=O)(=O)c1cccc2c1N=S=N2. The van der Waals surface area contributed by atoms with Gasteiger partial charge in [0, 0.05) is 20.2 Å². The van der Waals surface area contributed by atoms with Crippen LogP contribution >= 0.6 is 0 Å². The van der Waals surface area contributed by atoms with Gasteiger partial charge in [0.1, 0.15) is 16.3 Å². The largest absolute Gasteiger partial charge is 0.396 e. The van der Waals surface area contributed by atoms with Crippen molar-refractivity contribution in [2.45, 2.75) is 24.2 Å². The van der Waals surface area contributed by atoms with E-state index in [-0.39, 0.29) is 11.5 Å². The summed E-state index contributed by atoms with van der Waals surface area (Å²) in [7, 11) is -1.99. The molecule has 0 spiro atoms. The molecule has 0 unspecified atom stereocenters. The predicted octanol–water partition coefficient (Wildman–Crippen LogP) is 2.20. The lowest BCUT2D eigenvalue weighted by atomic mass is 10.2. The molecule has 8 heteroatoms. The number of fused-ring (bicyclic) bond motifs is 1. The van der Waals surface area contributed by atoms with Crippen molar-refractivity contribution in [3.63, 3.8) is 0 Å². The molecule has 1 aliphatic rings. The van der Waals surface area contributed by atoms with Gasteiger partial charge in [-0.05, 0) is 31.4 Å². The topological polar surface area (TPSA) is 82.3 Å². The second kappa shape index (κ2) is 6.57. The molecule has 1 heterocycles. The Morgan fingerprint density at radius 3 is 2.80 bits per heavy atom. The number of aliphatic hydroxyl groups is 1. The predicted molar refractivity (Wildman–Crippen MR) is 78.7 cm³/mol. The van der Waals surface area contributed by atoms with Crippen LogP contribution in [0.4, 0.5) is 11.4 Å². The molecule has 0 atom stereocenters. The molecular formula is C12H17N3O3S2. The highest BCUT2D eigenvalue weighted by Crippen LogP contribution is 2.38. The third-order valence-corrected chi connectivity index (χ3v) is 5.50. The van der Waals surface area contributed by atoms with E-state index < -0.39 is 10.0 Å². The first-order chi connectivity index (χ1) is 9.57. The molecule has 0 fully saturated rings. The van der Waals surface area contributed by atoms with E-state index in [1.165, 1.54) is 4.31 Å². The van der Waals surface area contributed by atoms with Gasteiger partial charge in [0.2, 0.25) is 10.0 Å². The normalized spacial score (nSPS) is 13.6. The van der Waals surface area contributed by atoms with Crippen LogP contribution in [0.3, 0.4) is 0 Å². The lowest BCUT2D eigenvalue weighted by molar-refractivity contribution is 0.281. The van der Waals surface area contributed by atoms with Crippen molar-refractivity contribution in [2.24, 2.45) is 8.73 Å². The van der Waals surface area contributed by atoms with Gasteiger partial charge in [0.25, 0.3) is 0 Å². The average Bonchev–Trinajstić information content (AvgIpc) is 2.91. The summed E-state index contributed by atoms with van der Waals surface area (Å²) in [4.78, 5) is 0.202. The number of sulfonamides is 1. The molecule has 1 aromatic carbocycles. The second-order valence-corrected chi connectivity index (χ2v) is 7.04. The van der Waals surface area contributed by atoms with E-state index in [0.29, 0.717) is 24.3 Å². The summed E-state index contributed by atoms with van der Waals surface area (Å²) in [6.45, 7) is 0.566. The van der Waals surface area contributed by atoms with Crippen molar-refractivity contribution < 1.29 is 13.5 Å². The molecule has 0 bridgehead atoms. The van der Waals surface area contributed by atoms with Crippen LogP contribution < -0.4 is 0 Å². The van der Waals surface area contributed by atoms with Crippen molar-refractivity contribution in [1.82, 2.24) is 4.31 Å². The van der Waals surface area contributed by atoms with Gasteiger partial charge >= 0.3 is 0 Å². The summed E-state index contributed by atoms with van der Waals surface area (Å²) >= 11 is 1.01. The summed E-state index contributed by atoms with van der Waals surface area (Å²) in [5.74, 6) is 0. The Balaban J connectivity index is 2.15. The Morgan fingerprint density at radius 1 is 1.25 bits per heavy atom. The maximum Gasteiger partial charge on any atom is 0.245 e. The van der Waals surface area contributed by atoms with Crippen molar-refractivity contribution in [2.75, 3.05) is 20.2 Å². The zero-order chi connectivity index (χ0) is 14.6. The number of rotatable bonds is 7. The first kappa shape index (κ1) is 15.3. The maximum absolute atomic E-state index is 12.5. The van der Waals surface area contributed by atoms with Crippen LogP contribution in [-0.2, 0) is 21.4 Å². The number of nitrogens with zero attached hydrogens (tertiary/aromatic N) is 3. The van der Waals surface area contributed by atoms with Gasteiger partial charge in [-0.25, -0.2) is 12.7 Å².